The lowest BCUT2D eigenvalue weighted by Gasteiger charge is -2.17. The summed E-state index contributed by atoms with van der Waals surface area (Å²) in [7, 11) is 2.54. The predicted octanol–water partition coefficient (Wildman–Crippen LogP) is 1.49. The standard InChI is InChI=1S/C19H18N2O6/c1-12-8-15(22)16(25-2)10-21(12)11-17(23)27-18(19(24)26-3)14-6-4-13(9-20)5-7-14/h4-8,10,18H,11H2,1-3H3. The smallest absolute Gasteiger partial charge is 0.351 e. The monoisotopic (exact) mass is 370 g/mol. The van der Waals surface area contributed by atoms with Crippen molar-refractivity contribution >= 4 is 11.9 Å². The Morgan fingerprint density at radius 3 is 2.44 bits per heavy atom. The molecular weight excluding hydrogens is 352 g/mol. The topological polar surface area (TPSA) is 108 Å². The van der Waals surface area contributed by atoms with Gasteiger partial charge in [0.2, 0.25) is 11.5 Å². The van der Waals surface area contributed by atoms with E-state index in [0.717, 1.165) is 0 Å². The summed E-state index contributed by atoms with van der Waals surface area (Å²) in [6.45, 7) is 1.43. The molecule has 0 N–H and O–H groups in total. The van der Waals surface area contributed by atoms with E-state index in [1.807, 2.05) is 6.07 Å². The normalized spacial score (nSPS) is 11.2. The molecule has 1 aromatic carbocycles. The third-order valence-electron chi connectivity index (χ3n) is 3.84. The summed E-state index contributed by atoms with van der Waals surface area (Å²) in [6, 6.07) is 9.35. The molecule has 2 rings (SSSR count). The van der Waals surface area contributed by atoms with Crippen LogP contribution in [-0.4, -0.2) is 30.7 Å². The maximum atomic E-state index is 12.4. The van der Waals surface area contributed by atoms with E-state index in [4.69, 9.17) is 19.5 Å². The Morgan fingerprint density at radius 1 is 1.22 bits per heavy atom. The summed E-state index contributed by atoms with van der Waals surface area (Å²) >= 11 is 0. The summed E-state index contributed by atoms with van der Waals surface area (Å²) in [6.07, 6.45) is 0.130. The van der Waals surface area contributed by atoms with Crippen LogP contribution in [0, 0.1) is 18.3 Å². The van der Waals surface area contributed by atoms with E-state index >= 15 is 0 Å². The predicted molar refractivity (Wildman–Crippen MR) is 94.0 cm³/mol. The molecule has 0 amide bonds. The van der Waals surface area contributed by atoms with Crippen LogP contribution in [0.25, 0.3) is 0 Å². The van der Waals surface area contributed by atoms with Gasteiger partial charge < -0.3 is 18.8 Å². The average molecular weight is 370 g/mol. The first-order valence-electron chi connectivity index (χ1n) is 7.92. The summed E-state index contributed by atoms with van der Waals surface area (Å²) in [4.78, 5) is 36.1. The second kappa shape index (κ2) is 8.67. The van der Waals surface area contributed by atoms with Crippen molar-refractivity contribution in [1.29, 1.82) is 5.26 Å². The Bertz CT molecular complexity index is 940. The number of nitrogens with zero attached hydrogens (tertiary/aromatic N) is 2. The van der Waals surface area contributed by atoms with E-state index in [1.54, 1.807) is 6.92 Å². The second-order valence-electron chi connectivity index (χ2n) is 5.60. The Hall–Kier alpha value is -3.60. The molecule has 0 aliphatic rings. The van der Waals surface area contributed by atoms with Gasteiger partial charge in [0.25, 0.3) is 0 Å². The molecule has 2 aromatic rings. The van der Waals surface area contributed by atoms with Crippen LogP contribution in [0.1, 0.15) is 22.9 Å². The number of carbonyl (C=O) groups is 2. The first-order valence-corrected chi connectivity index (χ1v) is 7.92. The van der Waals surface area contributed by atoms with Gasteiger partial charge in [-0.2, -0.15) is 5.26 Å². The highest BCUT2D eigenvalue weighted by atomic mass is 16.6. The number of rotatable bonds is 6. The fourth-order valence-corrected chi connectivity index (χ4v) is 2.37. The van der Waals surface area contributed by atoms with Gasteiger partial charge in [-0.1, -0.05) is 12.1 Å². The lowest BCUT2D eigenvalue weighted by molar-refractivity contribution is -0.167. The quantitative estimate of drug-likeness (QED) is 0.709. The van der Waals surface area contributed by atoms with Crippen molar-refractivity contribution in [2.75, 3.05) is 14.2 Å². The first kappa shape index (κ1) is 19.7. The zero-order valence-corrected chi connectivity index (χ0v) is 15.1. The number of aryl methyl sites for hydroxylation is 1. The molecule has 0 spiro atoms. The van der Waals surface area contributed by atoms with E-state index in [9.17, 15) is 14.4 Å². The lowest BCUT2D eigenvalue weighted by atomic mass is 10.1. The maximum absolute atomic E-state index is 12.4. The number of hydrogen-bond acceptors (Lipinski definition) is 7. The highest BCUT2D eigenvalue weighted by Crippen LogP contribution is 2.20. The molecule has 140 valence electrons. The average Bonchev–Trinajstić information content (AvgIpc) is 2.67. The molecule has 0 fully saturated rings. The summed E-state index contributed by atoms with van der Waals surface area (Å²) < 4.78 is 16.4. The van der Waals surface area contributed by atoms with Gasteiger partial charge in [-0.3, -0.25) is 9.59 Å². The minimum atomic E-state index is -1.27. The summed E-state index contributed by atoms with van der Waals surface area (Å²) in [5.41, 5.74) is 1.02. The summed E-state index contributed by atoms with van der Waals surface area (Å²) in [5.74, 6) is -1.36. The van der Waals surface area contributed by atoms with Gasteiger partial charge in [0.05, 0.1) is 32.0 Å². The third kappa shape index (κ3) is 4.73. The SMILES string of the molecule is COC(=O)C(OC(=O)Cn1cc(OC)c(=O)cc1C)c1ccc(C#N)cc1. The minimum Gasteiger partial charge on any atom is -0.491 e. The molecule has 0 saturated carbocycles. The van der Waals surface area contributed by atoms with E-state index in [1.165, 1.54) is 55.3 Å². The lowest BCUT2D eigenvalue weighted by Crippen LogP contribution is -2.24. The van der Waals surface area contributed by atoms with Crippen molar-refractivity contribution in [2.24, 2.45) is 0 Å². The molecule has 0 aliphatic carbocycles. The van der Waals surface area contributed by atoms with Crippen molar-refractivity contribution in [2.45, 2.75) is 19.6 Å². The summed E-state index contributed by atoms with van der Waals surface area (Å²) in [5, 5.41) is 8.86. The van der Waals surface area contributed by atoms with Gasteiger partial charge in [-0.05, 0) is 19.1 Å². The van der Waals surface area contributed by atoms with Crippen molar-refractivity contribution < 1.29 is 23.8 Å². The number of aromatic nitrogens is 1. The van der Waals surface area contributed by atoms with Gasteiger partial charge in [0.15, 0.2) is 5.75 Å². The Kier molecular flexibility index (Phi) is 6.33. The number of hydrogen-bond donors (Lipinski definition) is 0. The zero-order valence-electron chi connectivity index (χ0n) is 15.1. The largest absolute Gasteiger partial charge is 0.491 e. The fourth-order valence-electron chi connectivity index (χ4n) is 2.37. The number of carbonyl (C=O) groups excluding carboxylic acids is 2. The molecule has 8 nitrogen and oxygen atoms in total. The molecule has 1 aromatic heterocycles. The van der Waals surface area contributed by atoms with Crippen LogP contribution in [0.5, 0.6) is 5.75 Å². The Balaban J connectivity index is 2.22. The van der Waals surface area contributed by atoms with Gasteiger partial charge in [-0.25, -0.2) is 4.79 Å². The van der Waals surface area contributed by atoms with E-state index in [2.05, 4.69) is 0 Å². The molecule has 0 aliphatic heterocycles. The van der Waals surface area contributed by atoms with Crippen LogP contribution < -0.4 is 10.2 Å². The van der Waals surface area contributed by atoms with Gasteiger partial charge >= 0.3 is 11.9 Å². The van der Waals surface area contributed by atoms with Crippen LogP contribution in [0.2, 0.25) is 0 Å². The zero-order chi connectivity index (χ0) is 20.0. The minimum absolute atomic E-state index is 0.0880. The van der Waals surface area contributed by atoms with Crippen molar-refractivity contribution in [3.63, 3.8) is 0 Å². The van der Waals surface area contributed by atoms with Gasteiger partial charge in [0, 0.05) is 17.3 Å². The third-order valence-corrected chi connectivity index (χ3v) is 3.84. The molecule has 0 radical (unpaired) electrons. The van der Waals surface area contributed by atoms with Crippen LogP contribution in [-0.2, 0) is 25.6 Å². The molecule has 0 bridgehead atoms. The highest BCUT2D eigenvalue weighted by Gasteiger charge is 2.26. The number of benzene rings is 1. The maximum Gasteiger partial charge on any atom is 0.351 e. The molecule has 1 atom stereocenters. The van der Waals surface area contributed by atoms with E-state index < -0.39 is 18.0 Å². The van der Waals surface area contributed by atoms with E-state index in [0.29, 0.717) is 16.8 Å². The van der Waals surface area contributed by atoms with Gasteiger partial charge in [-0.15, -0.1) is 0 Å². The van der Waals surface area contributed by atoms with E-state index in [-0.39, 0.29) is 17.7 Å². The van der Waals surface area contributed by atoms with Crippen LogP contribution in [0.4, 0.5) is 0 Å². The number of ether oxygens (including phenoxy) is 3. The Morgan fingerprint density at radius 2 is 1.89 bits per heavy atom. The number of pyridine rings is 1. The molecule has 0 saturated heterocycles. The fraction of sp³-hybridized carbons (Fsp3) is 0.263. The number of methoxy groups -OCH3 is 2. The van der Waals surface area contributed by atoms with Crippen molar-refractivity contribution in [3.8, 4) is 11.8 Å². The second-order valence-corrected chi connectivity index (χ2v) is 5.60. The van der Waals surface area contributed by atoms with Crippen LogP contribution in [0.3, 0.4) is 0 Å². The molecule has 8 heteroatoms. The highest BCUT2D eigenvalue weighted by molar-refractivity contribution is 5.80. The van der Waals surface area contributed by atoms with Crippen LogP contribution in [0.15, 0.2) is 41.3 Å². The Labute approximate surface area is 155 Å². The van der Waals surface area contributed by atoms with Gasteiger partial charge in [0.1, 0.15) is 6.54 Å². The molecular formula is C19H18N2O6. The molecule has 27 heavy (non-hydrogen) atoms. The molecule has 1 heterocycles. The first-order chi connectivity index (χ1) is 12.9. The molecule has 1 unspecified atom stereocenters. The van der Waals surface area contributed by atoms with Crippen molar-refractivity contribution in [3.05, 3.63) is 63.6 Å². The van der Waals surface area contributed by atoms with Crippen LogP contribution >= 0.6 is 0 Å². The number of esters is 2. The number of nitriles is 1. The van der Waals surface area contributed by atoms with Crippen molar-refractivity contribution in [1.82, 2.24) is 4.57 Å².